The van der Waals surface area contributed by atoms with Crippen LogP contribution in [-0.4, -0.2) is 34.4 Å². The molecule has 2 aliphatic rings. The largest absolute Gasteiger partial charge is 0.445 e. The molecule has 136 valence electrons. The molecule has 0 bridgehead atoms. The maximum atomic E-state index is 11.9. The Morgan fingerprint density at radius 3 is 2.48 bits per heavy atom. The van der Waals surface area contributed by atoms with Gasteiger partial charge in [0.25, 0.3) is 5.69 Å². The zero-order valence-electron chi connectivity index (χ0n) is 13.9. The summed E-state index contributed by atoms with van der Waals surface area (Å²) in [5.74, 6) is 0. The quantitative estimate of drug-likeness (QED) is 0.409. The van der Waals surface area contributed by atoms with Crippen LogP contribution in [0.4, 0.5) is 10.5 Å². The molecule has 0 heterocycles. The zero-order chi connectivity index (χ0) is 17.8. The van der Waals surface area contributed by atoms with Gasteiger partial charge in [0.1, 0.15) is 6.61 Å². The van der Waals surface area contributed by atoms with Crippen LogP contribution in [0.5, 0.6) is 0 Å². The summed E-state index contributed by atoms with van der Waals surface area (Å²) in [7, 11) is 0. The Morgan fingerprint density at radius 2 is 1.84 bits per heavy atom. The Bertz CT molecular complexity index is 619. The average Bonchev–Trinajstić information content (AvgIpc) is 2.99. The molecular formula is C17H23N3O4S. The number of nitrogens with zero attached hydrogens (tertiary/aromatic N) is 1. The maximum absolute atomic E-state index is 11.9. The van der Waals surface area contributed by atoms with E-state index in [1.54, 1.807) is 12.1 Å². The number of alkyl carbamates (subject to hydrolysis) is 1. The number of nitro groups is 1. The number of carbonyl (C=O) groups excluding carboxylic acids is 1. The third-order valence-electron chi connectivity index (χ3n) is 4.86. The Hall–Kier alpha value is -1.80. The molecule has 1 amide bonds. The standard InChI is InChI=1S/C17H23N3O4S/c21-17(24-10-11-1-5-15(6-2-11)20(22)23)19-13-4-3-12(7-13)18-14-8-16(25)9-14/h1-2,5-6,12-14,16,18,25H,3-4,7-10H2,(H,19,21)/t12-,13-,14?,16?/m1/s1. The summed E-state index contributed by atoms with van der Waals surface area (Å²) in [6, 6.07) is 7.14. The van der Waals surface area contributed by atoms with E-state index in [4.69, 9.17) is 4.74 Å². The Balaban J connectivity index is 1.36. The number of thiol groups is 1. The highest BCUT2D eigenvalue weighted by Crippen LogP contribution is 2.28. The molecule has 8 heteroatoms. The second-order valence-electron chi connectivity index (χ2n) is 6.84. The van der Waals surface area contributed by atoms with Gasteiger partial charge < -0.3 is 15.4 Å². The number of carbonyl (C=O) groups is 1. The molecule has 2 fully saturated rings. The minimum atomic E-state index is -0.456. The van der Waals surface area contributed by atoms with Gasteiger partial charge in [-0.1, -0.05) is 0 Å². The fourth-order valence-corrected chi connectivity index (χ4v) is 3.90. The van der Waals surface area contributed by atoms with Gasteiger partial charge in [-0.2, -0.15) is 12.6 Å². The summed E-state index contributed by atoms with van der Waals surface area (Å²) in [5, 5.41) is 17.7. The van der Waals surface area contributed by atoms with Crippen molar-refractivity contribution in [1.29, 1.82) is 0 Å². The molecular weight excluding hydrogens is 342 g/mol. The highest BCUT2D eigenvalue weighted by Gasteiger charge is 2.32. The lowest BCUT2D eigenvalue weighted by Gasteiger charge is -2.35. The summed E-state index contributed by atoms with van der Waals surface area (Å²) in [6.45, 7) is 0.101. The number of amides is 1. The lowest BCUT2D eigenvalue weighted by Crippen LogP contribution is -2.46. The molecule has 2 atom stereocenters. The first-order valence-electron chi connectivity index (χ1n) is 8.60. The van der Waals surface area contributed by atoms with Crippen LogP contribution in [0.3, 0.4) is 0 Å². The lowest BCUT2D eigenvalue weighted by molar-refractivity contribution is -0.384. The van der Waals surface area contributed by atoms with Gasteiger partial charge in [-0.05, 0) is 49.8 Å². The molecule has 2 saturated carbocycles. The number of hydrogen-bond acceptors (Lipinski definition) is 6. The topological polar surface area (TPSA) is 93.5 Å². The van der Waals surface area contributed by atoms with Crippen LogP contribution in [0.2, 0.25) is 0 Å². The predicted molar refractivity (Wildman–Crippen MR) is 96.8 cm³/mol. The number of non-ortho nitro benzene ring substituents is 1. The summed E-state index contributed by atoms with van der Waals surface area (Å²) in [6.07, 6.45) is 4.72. The first-order chi connectivity index (χ1) is 12.0. The highest BCUT2D eigenvalue weighted by molar-refractivity contribution is 7.81. The molecule has 0 saturated heterocycles. The Morgan fingerprint density at radius 1 is 1.16 bits per heavy atom. The van der Waals surface area contributed by atoms with Gasteiger partial charge in [-0.25, -0.2) is 4.79 Å². The van der Waals surface area contributed by atoms with Crippen LogP contribution >= 0.6 is 12.6 Å². The third kappa shape index (κ3) is 5.09. The minimum absolute atomic E-state index is 0.0217. The summed E-state index contributed by atoms with van der Waals surface area (Å²) >= 11 is 4.43. The van der Waals surface area contributed by atoms with Crippen molar-refractivity contribution in [2.45, 2.75) is 62.1 Å². The van der Waals surface area contributed by atoms with Crippen molar-refractivity contribution >= 4 is 24.4 Å². The molecule has 1 aromatic rings. The monoisotopic (exact) mass is 365 g/mol. The van der Waals surface area contributed by atoms with Crippen molar-refractivity contribution in [3.8, 4) is 0 Å². The van der Waals surface area contributed by atoms with E-state index in [9.17, 15) is 14.9 Å². The second kappa shape index (κ2) is 8.05. The molecule has 2 N–H and O–H groups in total. The Kier molecular flexibility index (Phi) is 5.80. The van der Waals surface area contributed by atoms with Crippen LogP contribution in [0.15, 0.2) is 24.3 Å². The normalized spacial score (nSPS) is 28.2. The number of ether oxygens (including phenoxy) is 1. The second-order valence-corrected chi connectivity index (χ2v) is 7.57. The van der Waals surface area contributed by atoms with Gasteiger partial charge in [0, 0.05) is 35.5 Å². The van der Waals surface area contributed by atoms with E-state index in [0.717, 1.165) is 37.7 Å². The van der Waals surface area contributed by atoms with Crippen molar-refractivity contribution in [1.82, 2.24) is 10.6 Å². The van der Waals surface area contributed by atoms with Crippen molar-refractivity contribution in [3.63, 3.8) is 0 Å². The van der Waals surface area contributed by atoms with Gasteiger partial charge in [0.15, 0.2) is 0 Å². The SMILES string of the molecule is O=C(N[C@@H]1CC[C@@H](NC2CC(S)C2)C1)OCc1ccc([N+](=O)[O-])cc1. The molecule has 0 spiro atoms. The summed E-state index contributed by atoms with van der Waals surface area (Å²) in [5.41, 5.74) is 0.742. The van der Waals surface area contributed by atoms with Crippen LogP contribution in [0.25, 0.3) is 0 Å². The van der Waals surface area contributed by atoms with E-state index >= 15 is 0 Å². The van der Waals surface area contributed by atoms with Crippen molar-refractivity contribution in [2.24, 2.45) is 0 Å². The molecule has 0 aliphatic heterocycles. The molecule has 0 radical (unpaired) electrons. The van der Waals surface area contributed by atoms with E-state index < -0.39 is 11.0 Å². The van der Waals surface area contributed by atoms with Gasteiger partial charge in [-0.15, -0.1) is 0 Å². The first-order valence-corrected chi connectivity index (χ1v) is 9.12. The number of hydrogen-bond donors (Lipinski definition) is 3. The zero-order valence-corrected chi connectivity index (χ0v) is 14.8. The van der Waals surface area contributed by atoms with Crippen LogP contribution in [0, 0.1) is 10.1 Å². The third-order valence-corrected chi connectivity index (χ3v) is 5.28. The van der Waals surface area contributed by atoms with Gasteiger partial charge >= 0.3 is 6.09 Å². The number of rotatable bonds is 6. The molecule has 2 aliphatic carbocycles. The maximum Gasteiger partial charge on any atom is 0.407 e. The fraction of sp³-hybridized carbons (Fsp3) is 0.588. The van der Waals surface area contributed by atoms with Crippen LogP contribution in [0.1, 0.15) is 37.7 Å². The highest BCUT2D eigenvalue weighted by atomic mass is 32.1. The van der Waals surface area contributed by atoms with E-state index in [2.05, 4.69) is 23.3 Å². The molecule has 3 rings (SSSR count). The molecule has 0 unspecified atom stereocenters. The molecule has 25 heavy (non-hydrogen) atoms. The summed E-state index contributed by atoms with van der Waals surface area (Å²) in [4.78, 5) is 22.1. The molecule has 0 aromatic heterocycles. The van der Waals surface area contributed by atoms with E-state index in [0.29, 0.717) is 17.3 Å². The van der Waals surface area contributed by atoms with Gasteiger partial charge in [0.2, 0.25) is 0 Å². The number of benzene rings is 1. The van der Waals surface area contributed by atoms with Crippen LogP contribution in [-0.2, 0) is 11.3 Å². The fourth-order valence-electron chi connectivity index (χ4n) is 3.39. The Labute approximate surface area is 152 Å². The van der Waals surface area contributed by atoms with E-state index in [1.807, 2.05) is 0 Å². The van der Waals surface area contributed by atoms with Gasteiger partial charge in [0.05, 0.1) is 4.92 Å². The minimum Gasteiger partial charge on any atom is -0.445 e. The number of nitro benzene ring substituents is 1. The average molecular weight is 365 g/mol. The van der Waals surface area contributed by atoms with Crippen molar-refractivity contribution in [3.05, 3.63) is 39.9 Å². The molecule has 1 aromatic carbocycles. The lowest BCUT2D eigenvalue weighted by atomic mass is 9.91. The predicted octanol–water partition coefficient (Wildman–Crippen LogP) is 2.79. The molecule has 7 nitrogen and oxygen atoms in total. The van der Waals surface area contributed by atoms with Gasteiger partial charge in [-0.3, -0.25) is 10.1 Å². The summed E-state index contributed by atoms with van der Waals surface area (Å²) < 4.78 is 5.20. The van der Waals surface area contributed by atoms with E-state index in [-0.39, 0.29) is 18.3 Å². The first kappa shape index (κ1) is 18.0. The van der Waals surface area contributed by atoms with E-state index in [1.165, 1.54) is 12.1 Å². The van der Waals surface area contributed by atoms with Crippen LogP contribution < -0.4 is 10.6 Å². The van der Waals surface area contributed by atoms with Crippen molar-refractivity contribution < 1.29 is 14.5 Å². The smallest absolute Gasteiger partial charge is 0.407 e. The van der Waals surface area contributed by atoms with Crippen molar-refractivity contribution in [2.75, 3.05) is 0 Å². The number of nitrogens with one attached hydrogen (secondary N) is 2.